The minimum absolute atomic E-state index is 0.0118. The number of aromatic nitrogens is 3. The molecule has 0 amide bonds. The van der Waals surface area contributed by atoms with Crippen LogP contribution in [0, 0.1) is 5.92 Å². The summed E-state index contributed by atoms with van der Waals surface area (Å²) in [6.45, 7) is 6.04. The van der Waals surface area contributed by atoms with Crippen LogP contribution < -0.4 is 4.31 Å². The quantitative estimate of drug-likeness (QED) is 0.436. The van der Waals surface area contributed by atoms with E-state index < -0.39 is 27.2 Å². The monoisotopic (exact) mass is 573 g/mol. The molecule has 1 aromatic heterocycles. The second-order valence-electron chi connectivity index (χ2n) is 11.9. The fraction of sp³-hybridized carbons (Fsp3) is 0.517. The van der Waals surface area contributed by atoms with E-state index in [0.29, 0.717) is 23.7 Å². The van der Waals surface area contributed by atoms with Gasteiger partial charge in [-0.3, -0.25) is 9.21 Å². The van der Waals surface area contributed by atoms with Gasteiger partial charge in [-0.1, -0.05) is 13.0 Å². The Balaban J connectivity index is 1.40. The van der Waals surface area contributed by atoms with Crippen LogP contribution in [0.1, 0.15) is 66.8 Å². The molecule has 2 aliphatic heterocycles. The maximum absolute atomic E-state index is 14.2. The molecule has 0 saturated carbocycles. The molecule has 2 atom stereocenters. The van der Waals surface area contributed by atoms with Crippen molar-refractivity contribution < 1.29 is 21.6 Å². The Morgan fingerprint density at radius 1 is 1.12 bits per heavy atom. The van der Waals surface area contributed by atoms with Crippen molar-refractivity contribution in [3.8, 4) is 0 Å². The van der Waals surface area contributed by atoms with E-state index in [1.54, 1.807) is 12.4 Å². The summed E-state index contributed by atoms with van der Waals surface area (Å²) in [5.74, 6) is 1.25. The highest BCUT2D eigenvalue weighted by Crippen LogP contribution is 2.46. The third kappa shape index (κ3) is 4.51. The van der Waals surface area contributed by atoms with Gasteiger partial charge >= 0.3 is 6.18 Å². The molecule has 3 aromatic rings. The summed E-state index contributed by atoms with van der Waals surface area (Å²) in [5, 5.41) is 8.37. The molecule has 1 fully saturated rings. The number of hydrogen-bond donors (Lipinski definition) is 0. The van der Waals surface area contributed by atoms with Crippen LogP contribution >= 0.6 is 0 Å². The van der Waals surface area contributed by atoms with Crippen molar-refractivity contribution in [2.75, 3.05) is 23.9 Å². The van der Waals surface area contributed by atoms with Gasteiger partial charge in [0.05, 0.1) is 21.6 Å². The highest BCUT2D eigenvalue weighted by Gasteiger charge is 2.43. The first-order valence-corrected chi connectivity index (χ1v) is 15.3. The predicted octanol–water partition coefficient (Wildman–Crippen LogP) is 5.07. The highest BCUT2D eigenvalue weighted by molar-refractivity contribution is 7.93. The van der Waals surface area contributed by atoms with Crippen molar-refractivity contribution in [2.45, 2.75) is 69.0 Å². The number of halogens is 3. The van der Waals surface area contributed by atoms with Crippen LogP contribution in [0.25, 0.3) is 0 Å². The van der Waals surface area contributed by atoms with Crippen molar-refractivity contribution in [3.05, 3.63) is 70.3 Å². The lowest BCUT2D eigenvalue weighted by Crippen LogP contribution is -2.39. The van der Waals surface area contributed by atoms with Gasteiger partial charge in [-0.05, 0) is 98.0 Å². The molecule has 0 N–H and O–H groups in total. The van der Waals surface area contributed by atoms with Gasteiger partial charge in [0.1, 0.15) is 12.2 Å². The van der Waals surface area contributed by atoms with Crippen molar-refractivity contribution >= 4 is 15.7 Å². The van der Waals surface area contributed by atoms with Crippen molar-refractivity contribution in [1.29, 1.82) is 0 Å². The second-order valence-corrected chi connectivity index (χ2v) is 13.7. The minimum atomic E-state index is -4.64. The number of piperidine rings is 1. The Kier molecular flexibility index (Phi) is 6.53. The summed E-state index contributed by atoms with van der Waals surface area (Å²) < 4.78 is 73.9. The predicted molar refractivity (Wildman–Crippen MR) is 146 cm³/mol. The van der Waals surface area contributed by atoms with E-state index in [9.17, 15) is 21.6 Å². The van der Waals surface area contributed by atoms with Gasteiger partial charge in [0.15, 0.2) is 0 Å². The van der Waals surface area contributed by atoms with Crippen molar-refractivity contribution in [1.82, 2.24) is 19.7 Å². The zero-order valence-electron chi connectivity index (χ0n) is 23.0. The molecule has 3 heterocycles. The number of nitrogens with zero attached hydrogens (tertiary/aromatic N) is 5. The number of alkyl halides is 3. The summed E-state index contributed by atoms with van der Waals surface area (Å²) in [5.41, 5.74) is 1.52. The average molecular weight is 574 g/mol. The second kappa shape index (κ2) is 9.58. The maximum Gasteiger partial charge on any atom is 0.416 e. The van der Waals surface area contributed by atoms with E-state index in [1.807, 2.05) is 23.7 Å². The van der Waals surface area contributed by atoms with Crippen molar-refractivity contribution in [3.63, 3.8) is 0 Å². The first-order chi connectivity index (χ1) is 18.9. The summed E-state index contributed by atoms with van der Waals surface area (Å²) in [4.78, 5) is 1.89. The van der Waals surface area contributed by atoms with E-state index >= 15 is 0 Å². The fourth-order valence-electron chi connectivity index (χ4n) is 6.93. The molecule has 0 radical (unpaired) electrons. The molecule has 0 bridgehead atoms. The number of likely N-dealkylation sites (tertiary alicyclic amines) is 1. The average Bonchev–Trinajstić information content (AvgIpc) is 3.47. The van der Waals surface area contributed by atoms with Gasteiger partial charge in [-0.15, -0.1) is 10.2 Å². The number of sulfonamides is 1. The number of aryl methyl sites for hydroxylation is 2. The standard InChI is InChI=1S/C29H34F3N5O2S/c1-19-5-4-11-36(16-19)17-20-13-25(29(30,31)32)23-9-12-37(40(38,39)26(23)14-20)22-7-6-21-8-10-28(2,24(21)15-22)27-34-33-18-35(27)3/h6-7,13-15,18-19H,4-5,8-12,16-17H2,1-3H3/t19-,28?/m0/s1. The molecular weight excluding hydrogens is 539 g/mol. The highest BCUT2D eigenvalue weighted by atomic mass is 32.2. The number of hydrogen-bond acceptors (Lipinski definition) is 5. The van der Waals surface area contributed by atoms with Gasteiger partial charge in [-0.2, -0.15) is 13.2 Å². The molecule has 40 heavy (non-hydrogen) atoms. The normalized spacial score (nSPS) is 24.6. The van der Waals surface area contributed by atoms with Crippen LogP contribution in [0.15, 0.2) is 41.6 Å². The van der Waals surface area contributed by atoms with Crippen LogP contribution in [-0.4, -0.2) is 47.7 Å². The van der Waals surface area contributed by atoms with Crippen molar-refractivity contribution in [2.24, 2.45) is 13.0 Å². The molecule has 7 nitrogen and oxygen atoms in total. The molecule has 1 aliphatic carbocycles. The summed E-state index contributed by atoms with van der Waals surface area (Å²) in [7, 11) is -2.34. The first-order valence-electron chi connectivity index (χ1n) is 13.8. The third-order valence-corrected chi connectivity index (χ3v) is 10.8. The number of rotatable bonds is 4. The van der Waals surface area contributed by atoms with E-state index in [2.05, 4.69) is 28.9 Å². The zero-order chi connectivity index (χ0) is 28.4. The Bertz CT molecular complexity index is 1570. The Morgan fingerprint density at radius 3 is 2.62 bits per heavy atom. The van der Waals surface area contributed by atoms with Crippen LogP contribution in [0.3, 0.4) is 0 Å². The van der Waals surface area contributed by atoms with Crippen LogP contribution in [-0.2, 0) is 48.0 Å². The molecule has 214 valence electrons. The smallest absolute Gasteiger partial charge is 0.320 e. The lowest BCUT2D eigenvalue weighted by atomic mass is 9.83. The van der Waals surface area contributed by atoms with Gasteiger partial charge in [-0.25, -0.2) is 8.42 Å². The number of fused-ring (bicyclic) bond motifs is 2. The largest absolute Gasteiger partial charge is 0.416 e. The van der Waals surface area contributed by atoms with E-state index in [-0.39, 0.29) is 23.4 Å². The topological polar surface area (TPSA) is 71.3 Å². The van der Waals surface area contributed by atoms with E-state index in [0.717, 1.165) is 61.8 Å². The summed E-state index contributed by atoms with van der Waals surface area (Å²) in [6.07, 6.45) is 0.697. The van der Waals surface area contributed by atoms with Gasteiger partial charge in [0.2, 0.25) is 0 Å². The van der Waals surface area contributed by atoms with E-state index in [4.69, 9.17) is 0 Å². The minimum Gasteiger partial charge on any atom is -0.320 e. The fourth-order valence-corrected chi connectivity index (χ4v) is 8.71. The van der Waals surface area contributed by atoms with Gasteiger partial charge in [0, 0.05) is 26.7 Å². The molecule has 1 saturated heterocycles. The Hall–Kier alpha value is -2.92. The Labute approximate surface area is 233 Å². The van der Waals surface area contributed by atoms with Crippen LogP contribution in [0.4, 0.5) is 18.9 Å². The molecule has 0 spiro atoms. The Morgan fingerprint density at radius 2 is 1.93 bits per heavy atom. The SMILES string of the molecule is C[C@H]1CCCN(Cc2cc(C(F)(F)F)c3c(c2)S(=O)(=O)N(c2ccc4c(c2)C(C)(c2nncn2C)CC4)CC3)C1. The van der Waals surface area contributed by atoms with E-state index in [1.165, 1.54) is 10.4 Å². The number of benzene rings is 2. The molecule has 1 unspecified atom stereocenters. The number of anilines is 1. The van der Waals surface area contributed by atoms with Gasteiger partial charge in [0.25, 0.3) is 10.0 Å². The molecule has 3 aliphatic rings. The summed E-state index contributed by atoms with van der Waals surface area (Å²) >= 11 is 0. The lowest BCUT2D eigenvalue weighted by Gasteiger charge is -2.34. The lowest BCUT2D eigenvalue weighted by molar-refractivity contribution is -0.138. The van der Waals surface area contributed by atoms with Gasteiger partial charge < -0.3 is 4.57 Å². The first kappa shape index (κ1) is 27.3. The maximum atomic E-state index is 14.2. The third-order valence-electron chi connectivity index (χ3n) is 8.93. The molecule has 2 aromatic carbocycles. The molecule has 6 rings (SSSR count). The zero-order valence-corrected chi connectivity index (χ0v) is 23.8. The molecule has 11 heteroatoms. The summed E-state index contributed by atoms with van der Waals surface area (Å²) in [6, 6.07) is 8.22. The van der Waals surface area contributed by atoms with Crippen LogP contribution in [0.2, 0.25) is 0 Å². The van der Waals surface area contributed by atoms with Crippen LogP contribution in [0.5, 0.6) is 0 Å². The molecular formula is C29H34F3N5O2S.